The van der Waals surface area contributed by atoms with Crippen LogP contribution in [0.5, 0.6) is 0 Å². The SMILES string of the molecule is CC1CC=CC=C1N(c1ccccc1)c1c2ccccc2cc2c(-c3ccccc3Nc3ccccc3)cccc12. The van der Waals surface area contributed by atoms with E-state index in [2.05, 4.69) is 163 Å². The summed E-state index contributed by atoms with van der Waals surface area (Å²) in [5.41, 5.74) is 8.29. The molecular weight excluding hydrogens is 496 g/mol. The van der Waals surface area contributed by atoms with E-state index in [-0.39, 0.29) is 0 Å². The molecular formula is C39H32N2. The summed E-state index contributed by atoms with van der Waals surface area (Å²) < 4.78 is 0. The lowest BCUT2D eigenvalue weighted by Gasteiger charge is -2.34. The molecule has 0 amide bonds. The van der Waals surface area contributed by atoms with Crippen LogP contribution in [0.2, 0.25) is 0 Å². The quantitative estimate of drug-likeness (QED) is 0.216. The fraction of sp³-hybridized carbons (Fsp3) is 0.0769. The Labute approximate surface area is 241 Å². The van der Waals surface area contributed by atoms with Crippen LogP contribution in [0.15, 0.2) is 157 Å². The summed E-state index contributed by atoms with van der Waals surface area (Å²) >= 11 is 0. The van der Waals surface area contributed by atoms with E-state index in [1.54, 1.807) is 0 Å². The molecule has 0 aliphatic heterocycles. The van der Waals surface area contributed by atoms with E-state index in [9.17, 15) is 0 Å². The fourth-order valence-electron chi connectivity index (χ4n) is 6.06. The third-order valence-corrected chi connectivity index (χ3v) is 8.04. The Bertz CT molecular complexity index is 1900. The molecule has 1 atom stereocenters. The number of hydrogen-bond donors (Lipinski definition) is 1. The van der Waals surface area contributed by atoms with E-state index >= 15 is 0 Å². The van der Waals surface area contributed by atoms with Gasteiger partial charge in [0.25, 0.3) is 0 Å². The highest BCUT2D eigenvalue weighted by atomic mass is 15.2. The molecule has 6 aromatic rings. The summed E-state index contributed by atoms with van der Waals surface area (Å²) in [7, 11) is 0. The molecule has 1 aliphatic rings. The van der Waals surface area contributed by atoms with Crippen LogP contribution < -0.4 is 10.2 Å². The number of nitrogens with zero attached hydrogens (tertiary/aromatic N) is 1. The number of anilines is 4. The van der Waals surface area contributed by atoms with Crippen molar-refractivity contribution >= 4 is 44.3 Å². The largest absolute Gasteiger partial charge is 0.355 e. The van der Waals surface area contributed by atoms with Gasteiger partial charge in [-0.1, -0.05) is 116 Å². The van der Waals surface area contributed by atoms with Gasteiger partial charge in [-0.25, -0.2) is 0 Å². The standard InChI is InChI=1S/C39H32N2/c1-28-15-8-13-26-38(28)41(31-19-6-3-7-20-31)39-32-21-10-9-16-29(32)27-36-33(23-14-24-35(36)39)34-22-11-12-25-37(34)40-30-17-4-2-5-18-30/h2-14,16-28,40H,15H2,1H3. The highest BCUT2D eigenvalue weighted by molar-refractivity contribution is 6.17. The maximum Gasteiger partial charge on any atom is 0.0615 e. The molecule has 0 saturated carbocycles. The Hall–Kier alpha value is -5.08. The third kappa shape index (κ3) is 4.68. The summed E-state index contributed by atoms with van der Waals surface area (Å²) in [6, 6.07) is 47.7. The van der Waals surface area contributed by atoms with Crippen LogP contribution in [0, 0.1) is 5.92 Å². The summed E-state index contributed by atoms with van der Waals surface area (Å²) in [5, 5.41) is 8.63. The van der Waals surface area contributed by atoms with Gasteiger partial charge < -0.3 is 10.2 Å². The lowest BCUT2D eigenvalue weighted by atomic mass is 9.91. The number of hydrogen-bond acceptors (Lipinski definition) is 2. The van der Waals surface area contributed by atoms with Crippen LogP contribution in [0.4, 0.5) is 22.7 Å². The predicted molar refractivity (Wildman–Crippen MR) is 176 cm³/mol. The zero-order valence-corrected chi connectivity index (χ0v) is 23.2. The Morgan fingerprint density at radius 3 is 2.15 bits per heavy atom. The minimum Gasteiger partial charge on any atom is -0.355 e. The second-order valence-electron chi connectivity index (χ2n) is 10.7. The van der Waals surface area contributed by atoms with Crippen molar-refractivity contribution in [1.29, 1.82) is 0 Å². The molecule has 1 aliphatic carbocycles. The number of nitrogens with one attached hydrogen (secondary N) is 1. The van der Waals surface area contributed by atoms with Crippen LogP contribution in [0.1, 0.15) is 13.3 Å². The first-order valence-electron chi connectivity index (χ1n) is 14.4. The Morgan fingerprint density at radius 1 is 0.634 bits per heavy atom. The Kier molecular flexibility index (Phi) is 6.58. The van der Waals surface area contributed by atoms with Gasteiger partial charge in [0.1, 0.15) is 0 Å². The molecule has 0 fully saturated rings. The van der Waals surface area contributed by atoms with Gasteiger partial charge in [0.15, 0.2) is 0 Å². The fourth-order valence-corrected chi connectivity index (χ4v) is 6.06. The number of fused-ring (bicyclic) bond motifs is 2. The Morgan fingerprint density at radius 2 is 1.32 bits per heavy atom. The normalized spacial score (nSPS) is 14.7. The summed E-state index contributed by atoms with van der Waals surface area (Å²) in [6.45, 7) is 2.33. The monoisotopic (exact) mass is 528 g/mol. The van der Waals surface area contributed by atoms with E-state index in [4.69, 9.17) is 0 Å². The molecule has 7 rings (SSSR count). The first kappa shape index (κ1) is 24.9. The van der Waals surface area contributed by atoms with Crippen molar-refractivity contribution in [2.24, 2.45) is 5.92 Å². The number of rotatable bonds is 6. The van der Waals surface area contributed by atoms with E-state index in [1.807, 2.05) is 6.07 Å². The number of allylic oxidation sites excluding steroid dienone is 4. The lowest BCUT2D eigenvalue weighted by Crippen LogP contribution is -2.23. The third-order valence-electron chi connectivity index (χ3n) is 8.04. The first-order valence-corrected chi connectivity index (χ1v) is 14.4. The van der Waals surface area contributed by atoms with Crippen LogP contribution in [-0.4, -0.2) is 0 Å². The minimum atomic E-state index is 0.396. The van der Waals surface area contributed by atoms with Crippen LogP contribution in [-0.2, 0) is 0 Å². The number of benzene rings is 6. The van der Waals surface area contributed by atoms with Crippen molar-refractivity contribution in [2.75, 3.05) is 10.2 Å². The molecule has 0 spiro atoms. The van der Waals surface area contributed by atoms with Crippen molar-refractivity contribution in [2.45, 2.75) is 13.3 Å². The van der Waals surface area contributed by atoms with Gasteiger partial charge in [0.2, 0.25) is 0 Å². The molecule has 41 heavy (non-hydrogen) atoms. The molecule has 2 heteroatoms. The van der Waals surface area contributed by atoms with Gasteiger partial charge in [-0.15, -0.1) is 0 Å². The predicted octanol–water partition coefficient (Wildman–Crippen LogP) is 11.0. The average Bonchev–Trinajstić information content (AvgIpc) is 3.03. The van der Waals surface area contributed by atoms with Crippen LogP contribution in [0.3, 0.4) is 0 Å². The van der Waals surface area contributed by atoms with Crippen LogP contribution >= 0.6 is 0 Å². The molecule has 6 aromatic carbocycles. The smallest absolute Gasteiger partial charge is 0.0615 e. The zero-order chi connectivity index (χ0) is 27.6. The van der Waals surface area contributed by atoms with E-state index in [0.29, 0.717) is 5.92 Å². The maximum absolute atomic E-state index is 3.67. The molecule has 1 unspecified atom stereocenters. The van der Waals surface area contributed by atoms with E-state index in [1.165, 1.54) is 49.7 Å². The van der Waals surface area contributed by atoms with Crippen molar-refractivity contribution < 1.29 is 0 Å². The summed E-state index contributed by atoms with van der Waals surface area (Å²) in [4.78, 5) is 2.50. The minimum absolute atomic E-state index is 0.396. The summed E-state index contributed by atoms with van der Waals surface area (Å²) in [5.74, 6) is 0.396. The molecule has 1 N–H and O–H groups in total. The molecule has 2 nitrogen and oxygen atoms in total. The molecule has 198 valence electrons. The highest BCUT2D eigenvalue weighted by Crippen LogP contribution is 2.46. The van der Waals surface area contributed by atoms with Gasteiger partial charge in [-0.05, 0) is 65.2 Å². The molecule has 0 heterocycles. The maximum atomic E-state index is 3.67. The molecule has 0 aromatic heterocycles. The van der Waals surface area contributed by atoms with Crippen molar-refractivity contribution in [3.8, 4) is 11.1 Å². The Balaban J connectivity index is 1.52. The number of para-hydroxylation sites is 3. The molecule has 0 bridgehead atoms. The lowest BCUT2D eigenvalue weighted by molar-refractivity contribution is 0.671. The molecule has 0 saturated heterocycles. The molecule has 0 radical (unpaired) electrons. The zero-order valence-electron chi connectivity index (χ0n) is 23.2. The van der Waals surface area contributed by atoms with Gasteiger partial charge in [-0.3, -0.25) is 0 Å². The van der Waals surface area contributed by atoms with Crippen LogP contribution in [0.25, 0.3) is 32.7 Å². The first-order chi connectivity index (χ1) is 20.3. The van der Waals surface area contributed by atoms with E-state index < -0.39 is 0 Å². The van der Waals surface area contributed by atoms with Gasteiger partial charge in [0.05, 0.1) is 5.69 Å². The average molecular weight is 529 g/mol. The topological polar surface area (TPSA) is 15.3 Å². The van der Waals surface area contributed by atoms with Crippen molar-refractivity contribution in [3.63, 3.8) is 0 Å². The van der Waals surface area contributed by atoms with Gasteiger partial charge in [-0.2, -0.15) is 0 Å². The second kappa shape index (κ2) is 10.8. The van der Waals surface area contributed by atoms with Gasteiger partial charge in [0, 0.05) is 45.0 Å². The van der Waals surface area contributed by atoms with E-state index in [0.717, 1.165) is 17.8 Å². The van der Waals surface area contributed by atoms with Crippen molar-refractivity contribution in [1.82, 2.24) is 0 Å². The van der Waals surface area contributed by atoms with Gasteiger partial charge >= 0.3 is 0 Å². The van der Waals surface area contributed by atoms with Crippen molar-refractivity contribution in [3.05, 3.63) is 157 Å². The summed E-state index contributed by atoms with van der Waals surface area (Å²) in [6.07, 6.45) is 7.79. The highest BCUT2D eigenvalue weighted by Gasteiger charge is 2.25. The second-order valence-corrected chi connectivity index (χ2v) is 10.7.